The Labute approximate surface area is 182 Å². The highest BCUT2D eigenvalue weighted by Crippen LogP contribution is 2.35. The van der Waals surface area contributed by atoms with Crippen molar-refractivity contribution in [1.82, 2.24) is 9.88 Å². The zero-order valence-corrected chi connectivity index (χ0v) is 18.1. The molecule has 1 saturated carbocycles. The average molecular weight is 414 g/mol. The monoisotopic (exact) mass is 413 g/mol. The number of anilines is 1. The molecule has 2 heterocycles. The molecule has 1 aliphatic heterocycles. The summed E-state index contributed by atoms with van der Waals surface area (Å²) in [6, 6.07) is 13.8. The van der Waals surface area contributed by atoms with Crippen molar-refractivity contribution in [3.05, 3.63) is 70.4 Å². The predicted octanol–water partition coefficient (Wildman–Crippen LogP) is 5.39. The van der Waals surface area contributed by atoms with Crippen molar-refractivity contribution < 1.29 is 9.59 Å². The fraction of sp³-hybridized carbons (Fsp3) is 0.346. The summed E-state index contributed by atoms with van der Waals surface area (Å²) >= 11 is 0. The van der Waals surface area contributed by atoms with Crippen molar-refractivity contribution in [2.45, 2.75) is 58.5 Å². The standard InChI is InChI=1S/C26H27N3O2/c1-16-12-13-18(14-17(16)2)27-25(30)23-20-10-6-7-11-22(20)28-24-21(23)15-29(26(24)31)19-8-4-3-5-9-19/h6-7,10-14,19H,3-5,8-9,15H2,1-2H3,(H,27,30). The molecule has 0 radical (unpaired) electrons. The van der Waals surface area contributed by atoms with E-state index in [4.69, 9.17) is 0 Å². The van der Waals surface area contributed by atoms with Crippen molar-refractivity contribution in [1.29, 1.82) is 0 Å². The highest BCUT2D eigenvalue weighted by molar-refractivity contribution is 6.16. The number of benzene rings is 2. The molecule has 5 nitrogen and oxygen atoms in total. The molecule has 31 heavy (non-hydrogen) atoms. The van der Waals surface area contributed by atoms with Gasteiger partial charge in [-0.1, -0.05) is 43.5 Å². The molecule has 2 aromatic carbocycles. The topological polar surface area (TPSA) is 62.3 Å². The maximum atomic E-state index is 13.5. The minimum absolute atomic E-state index is 0.0344. The number of hydrogen-bond acceptors (Lipinski definition) is 3. The molecule has 0 atom stereocenters. The lowest BCUT2D eigenvalue weighted by Gasteiger charge is -2.30. The van der Waals surface area contributed by atoms with Crippen LogP contribution in [0.4, 0.5) is 5.69 Å². The molecule has 2 amide bonds. The van der Waals surface area contributed by atoms with E-state index in [0.29, 0.717) is 23.3 Å². The minimum Gasteiger partial charge on any atom is -0.330 e. The molecule has 158 valence electrons. The maximum Gasteiger partial charge on any atom is 0.273 e. The number of rotatable bonds is 3. The Hall–Kier alpha value is -3.21. The van der Waals surface area contributed by atoms with Crippen molar-refractivity contribution in [3.8, 4) is 0 Å². The summed E-state index contributed by atoms with van der Waals surface area (Å²) in [5.41, 5.74) is 5.53. The normalized spacial score (nSPS) is 16.6. The molecule has 1 aliphatic carbocycles. The van der Waals surface area contributed by atoms with Crippen molar-refractivity contribution in [3.63, 3.8) is 0 Å². The lowest BCUT2D eigenvalue weighted by Crippen LogP contribution is -2.37. The van der Waals surface area contributed by atoms with Gasteiger partial charge in [0.1, 0.15) is 5.69 Å². The zero-order valence-electron chi connectivity index (χ0n) is 18.1. The molecule has 1 fully saturated rings. The second kappa shape index (κ2) is 7.80. The zero-order chi connectivity index (χ0) is 21.5. The third kappa shape index (κ3) is 3.48. The SMILES string of the molecule is Cc1ccc(NC(=O)c2c3c(nc4ccccc24)C(=O)N(C2CCCCC2)C3)cc1C. The first-order chi connectivity index (χ1) is 15.0. The van der Waals surface area contributed by atoms with Gasteiger partial charge in [-0.2, -0.15) is 0 Å². The molecule has 1 N–H and O–H groups in total. The molecular weight excluding hydrogens is 386 g/mol. The largest absolute Gasteiger partial charge is 0.330 e. The lowest BCUT2D eigenvalue weighted by atomic mass is 9.94. The van der Waals surface area contributed by atoms with Crippen LogP contribution in [0.15, 0.2) is 42.5 Å². The van der Waals surface area contributed by atoms with E-state index in [1.54, 1.807) is 0 Å². The third-order valence-corrected chi connectivity index (χ3v) is 6.79. The van der Waals surface area contributed by atoms with E-state index in [2.05, 4.69) is 17.2 Å². The number of amides is 2. The number of aryl methyl sites for hydroxylation is 2. The van der Waals surface area contributed by atoms with Crippen LogP contribution in [0.1, 0.15) is 69.6 Å². The Kier molecular flexibility index (Phi) is 4.97. The van der Waals surface area contributed by atoms with Gasteiger partial charge in [0.05, 0.1) is 11.1 Å². The molecular formula is C26H27N3O2. The fourth-order valence-corrected chi connectivity index (χ4v) is 4.92. The van der Waals surface area contributed by atoms with E-state index >= 15 is 0 Å². The number of aromatic nitrogens is 1. The van der Waals surface area contributed by atoms with Crippen molar-refractivity contribution in [2.24, 2.45) is 0 Å². The number of pyridine rings is 1. The number of nitrogens with zero attached hydrogens (tertiary/aromatic N) is 2. The van der Waals surface area contributed by atoms with Crippen LogP contribution in [0.2, 0.25) is 0 Å². The average Bonchev–Trinajstić information content (AvgIpc) is 3.11. The molecule has 1 aromatic heterocycles. The lowest BCUT2D eigenvalue weighted by molar-refractivity contribution is 0.0655. The molecule has 0 unspecified atom stereocenters. The summed E-state index contributed by atoms with van der Waals surface area (Å²) < 4.78 is 0. The van der Waals surface area contributed by atoms with Gasteiger partial charge >= 0.3 is 0 Å². The van der Waals surface area contributed by atoms with E-state index in [0.717, 1.165) is 47.9 Å². The van der Waals surface area contributed by atoms with Crippen LogP contribution >= 0.6 is 0 Å². The molecule has 2 aliphatic rings. The molecule has 3 aromatic rings. The van der Waals surface area contributed by atoms with Crippen molar-refractivity contribution >= 4 is 28.4 Å². The van der Waals surface area contributed by atoms with E-state index in [1.807, 2.05) is 54.3 Å². The van der Waals surface area contributed by atoms with Crippen LogP contribution < -0.4 is 5.32 Å². The number of hydrogen-bond donors (Lipinski definition) is 1. The van der Waals surface area contributed by atoms with Gasteiger partial charge in [0, 0.05) is 29.2 Å². The second-order valence-electron chi connectivity index (χ2n) is 8.81. The van der Waals surface area contributed by atoms with E-state index in [1.165, 1.54) is 12.0 Å². The van der Waals surface area contributed by atoms with Crippen LogP contribution in [-0.4, -0.2) is 27.7 Å². The van der Waals surface area contributed by atoms with Crippen LogP contribution in [0.3, 0.4) is 0 Å². The van der Waals surface area contributed by atoms with Crippen molar-refractivity contribution in [2.75, 3.05) is 5.32 Å². The first-order valence-electron chi connectivity index (χ1n) is 11.1. The molecule has 0 saturated heterocycles. The summed E-state index contributed by atoms with van der Waals surface area (Å²) in [4.78, 5) is 33.4. The Bertz CT molecular complexity index is 1190. The number of carbonyl (C=O) groups excluding carboxylic acids is 2. The molecule has 5 rings (SSSR count). The fourth-order valence-electron chi connectivity index (χ4n) is 4.92. The molecule has 0 spiro atoms. The summed E-state index contributed by atoms with van der Waals surface area (Å²) in [7, 11) is 0. The van der Waals surface area contributed by atoms with Crippen LogP contribution in [-0.2, 0) is 6.54 Å². The predicted molar refractivity (Wildman–Crippen MR) is 122 cm³/mol. The van der Waals surface area contributed by atoms with E-state index in [9.17, 15) is 9.59 Å². The summed E-state index contributed by atoms with van der Waals surface area (Å²) in [5.74, 6) is -0.218. The first kappa shape index (κ1) is 19.7. The molecule has 5 heteroatoms. The third-order valence-electron chi connectivity index (χ3n) is 6.79. The van der Waals surface area contributed by atoms with Crippen LogP contribution in [0.5, 0.6) is 0 Å². The van der Waals surface area contributed by atoms with E-state index in [-0.39, 0.29) is 17.9 Å². The summed E-state index contributed by atoms with van der Waals surface area (Å²) in [6.45, 7) is 4.55. The first-order valence-corrected chi connectivity index (χ1v) is 11.1. The number of nitrogens with one attached hydrogen (secondary N) is 1. The minimum atomic E-state index is -0.184. The quantitative estimate of drug-likeness (QED) is 0.626. The smallest absolute Gasteiger partial charge is 0.273 e. The van der Waals surface area contributed by atoms with Gasteiger partial charge in [0.2, 0.25) is 0 Å². The highest BCUT2D eigenvalue weighted by Gasteiger charge is 2.38. The Morgan fingerprint density at radius 3 is 2.58 bits per heavy atom. The van der Waals surface area contributed by atoms with Gasteiger partial charge < -0.3 is 10.2 Å². The Morgan fingerprint density at radius 1 is 1.03 bits per heavy atom. The maximum absolute atomic E-state index is 13.5. The summed E-state index contributed by atoms with van der Waals surface area (Å²) in [5, 5.41) is 3.85. The van der Waals surface area contributed by atoms with Gasteiger partial charge in [-0.3, -0.25) is 9.59 Å². The van der Waals surface area contributed by atoms with Gasteiger partial charge in [0.15, 0.2) is 0 Å². The van der Waals surface area contributed by atoms with Crippen LogP contribution in [0, 0.1) is 13.8 Å². The summed E-state index contributed by atoms with van der Waals surface area (Å²) in [6.07, 6.45) is 5.60. The van der Waals surface area contributed by atoms with Gasteiger partial charge in [-0.05, 0) is 56.0 Å². The van der Waals surface area contributed by atoms with Gasteiger partial charge in [0.25, 0.3) is 11.8 Å². The molecule has 0 bridgehead atoms. The second-order valence-corrected chi connectivity index (χ2v) is 8.81. The highest BCUT2D eigenvalue weighted by atomic mass is 16.2. The number of para-hydroxylation sites is 1. The Balaban J connectivity index is 1.57. The van der Waals surface area contributed by atoms with E-state index < -0.39 is 0 Å². The van der Waals surface area contributed by atoms with Crippen LogP contribution in [0.25, 0.3) is 10.9 Å². The van der Waals surface area contributed by atoms with Gasteiger partial charge in [-0.25, -0.2) is 4.98 Å². The number of carbonyl (C=O) groups is 2. The Morgan fingerprint density at radius 2 is 1.81 bits per heavy atom. The van der Waals surface area contributed by atoms with Gasteiger partial charge in [-0.15, -0.1) is 0 Å². The number of fused-ring (bicyclic) bond motifs is 2.